The second-order valence-electron chi connectivity index (χ2n) is 5.06. The van der Waals surface area contributed by atoms with E-state index in [0.29, 0.717) is 18.7 Å². The first-order valence-electron chi connectivity index (χ1n) is 6.86. The summed E-state index contributed by atoms with van der Waals surface area (Å²) in [6.07, 6.45) is 6.72. The number of allylic oxidation sites excluding steroid dienone is 2. The molecule has 0 aromatic heterocycles. The fourth-order valence-electron chi connectivity index (χ4n) is 2.16. The summed E-state index contributed by atoms with van der Waals surface area (Å²) in [5.41, 5.74) is -0.584. The Morgan fingerprint density at radius 1 is 1.05 bits per heavy atom. The van der Waals surface area contributed by atoms with Gasteiger partial charge in [-0.05, 0) is 25.2 Å². The Morgan fingerprint density at radius 3 is 2.45 bits per heavy atom. The number of benzene rings is 1. The van der Waals surface area contributed by atoms with Gasteiger partial charge in [0.1, 0.15) is 5.82 Å². The summed E-state index contributed by atoms with van der Waals surface area (Å²) in [6, 6.07) is 0.791. The van der Waals surface area contributed by atoms with Crippen molar-refractivity contribution in [1.82, 2.24) is 5.32 Å². The van der Waals surface area contributed by atoms with Crippen molar-refractivity contribution in [3.8, 4) is 0 Å². The third-order valence-electron chi connectivity index (χ3n) is 3.39. The molecule has 1 aliphatic rings. The Kier molecular flexibility index (Phi) is 5.19. The van der Waals surface area contributed by atoms with E-state index in [4.69, 9.17) is 0 Å². The van der Waals surface area contributed by atoms with Crippen LogP contribution in [-0.2, 0) is 9.59 Å². The van der Waals surface area contributed by atoms with Gasteiger partial charge in [-0.25, -0.2) is 13.2 Å². The maximum Gasteiger partial charge on any atom is 0.313 e. The second kappa shape index (κ2) is 7.11. The summed E-state index contributed by atoms with van der Waals surface area (Å²) in [7, 11) is 0. The van der Waals surface area contributed by atoms with E-state index in [1.165, 1.54) is 0 Å². The van der Waals surface area contributed by atoms with E-state index in [1.807, 2.05) is 11.4 Å². The van der Waals surface area contributed by atoms with Crippen molar-refractivity contribution in [3.63, 3.8) is 0 Å². The molecule has 0 heterocycles. The summed E-state index contributed by atoms with van der Waals surface area (Å²) in [5, 5.41) is 4.36. The van der Waals surface area contributed by atoms with E-state index < -0.39 is 35.0 Å². The number of amides is 2. The Morgan fingerprint density at radius 2 is 1.77 bits per heavy atom. The molecular formula is C15H15F3N2O2. The van der Waals surface area contributed by atoms with Gasteiger partial charge >= 0.3 is 11.8 Å². The van der Waals surface area contributed by atoms with Crippen molar-refractivity contribution in [1.29, 1.82) is 0 Å². The average molecular weight is 312 g/mol. The van der Waals surface area contributed by atoms with Crippen LogP contribution in [0.15, 0.2) is 24.3 Å². The number of halogens is 3. The van der Waals surface area contributed by atoms with Gasteiger partial charge in [0.25, 0.3) is 0 Å². The van der Waals surface area contributed by atoms with Crippen molar-refractivity contribution in [2.75, 3.05) is 11.9 Å². The second-order valence-corrected chi connectivity index (χ2v) is 5.06. The first kappa shape index (κ1) is 16.1. The summed E-state index contributed by atoms with van der Waals surface area (Å²) < 4.78 is 39.1. The summed E-state index contributed by atoms with van der Waals surface area (Å²) in [5.74, 6) is -5.66. The first-order chi connectivity index (χ1) is 10.5. The van der Waals surface area contributed by atoms with Crippen LogP contribution in [-0.4, -0.2) is 18.4 Å². The quantitative estimate of drug-likeness (QED) is 0.512. The minimum Gasteiger partial charge on any atom is -0.348 e. The number of anilines is 1. The van der Waals surface area contributed by atoms with Crippen LogP contribution in [0.3, 0.4) is 0 Å². The molecule has 1 aliphatic carbocycles. The number of carbonyl (C=O) groups excluding carboxylic acids is 2. The molecule has 0 bridgehead atoms. The third-order valence-corrected chi connectivity index (χ3v) is 3.39. The lowest BCUT2D eigenvalue weighted by Gasteiger charge is -2.17. The van der Waals surface area contributed by atoms with E-state index in [1.54, 1.807) is 0 Å². The van der Waals surface area contributed by atoms with Crippen LogP contribution in [0.4, 0.5) is 18.9 Å². The summed E-state index contributed by atoms with van der Waals surface area (Å²) in [6.45, 7) is 0.330. The fourth-order valence-corrected chi connectivity index (χ4v) is 2.16. The highest BCUT2D eigenvalue weighted by atomic mass is 19.2. The van der Waals surface area contributed by atoms with E-state index in [9.17, 15) is 22.8 Å². The van der Waals surface area contributed by atoms with Crippen molar-refractivity contribution in [3.05, 3.63) is 41.7 Å². The van der Waals surface area contributed by atoms with Crippen molar-refractivity contribution in [2.24, 2.45) is 5.92 Å². The number of hydrogen-bond acceptors (Lipinski definition) is 2. The largest absolute Gasteiger partial charge is 0.348 e. The van der Waals surface area contributed by atoms with Crippen LogP contribution in [0.2, 0.25) is 0 Å². The Balaban J connectivity index is 1.90. The zero-order valence-electron chi connectivity index (χ0n) is 11.7. The lowest BCUT2D eigenvalue weighted by Crippen LogP contribution is -2.38. The molecule has 7 heteroatoms. The molecule has 0 aliphatic heterocycles. The van der Waals surface area contributed by atoms with E-state index in [-0.39, 0.29) is 5.92 Å². The molecule has 0 saturated heterocycles. The fraction of sp³-hybridized carbons (Fsp3) is 0.333. The first-order valence-corrected chi connectivity index (χ1v) is 6.86. The Labute approximate surface area is 125 Å². The molecule has 2 N–H and O–H groups in total. The lowest BCUT2D eigenvalue weighted by atomic mass is 9.94. The predicted octanol–water partition coefficient (Wildman–Crippen LogP) is 2.51. The molecule has 1 aromatic carbocycles. The van der Waals surface area contributed by atoms with Gasteiger partial charge in [0.05, 0.1) is 5.69 Å². The highest BCUT2D eigenvalue weighted by Gasteiger charge is 2.19. The van der Waals surface area contributed by atoms with Crippen LogP contribution in [0.25, 0.3) is 0 Å². The maximum absolute atomic E-state index is 13.4. The molecule has 1 aromatic rings. The molecule has 2 rings (SSSR count). The molecular weight excluding hydrogens is 297 g/mol. The predicted molar refractivity (Wildman–Crippen MR) is 74.4 cm³/mol. The van der Waals surface area contributed by atoms with Gasteiger partial charge in [-0.15, -0.1) is 0 Å². The number of nitrogens with one attached hydrogen (secondary N) is 2. The minimum atomic E-state index is -1.37. The molecule has 2 amide bonds. The molecule has 0 unspecified atom stereocenters. The topological polar surface area (TPSA) is 58.2 Å². The average Bonchev–Trinajstić information content (AvgIpc) is 2.51. The van der Waals surface area contributed by atoms with E-state index >= 15 is 0 Å². The van der Waals surface area contributed by atoms with Crippen molar-refractivity contribution >= 4 is 17.5 Å². The number of hydrogen-bond donors (Lipinski definition) is 2. The molecule has 118 valence electrons. The van der Waals surface area contributed by atoms with Crippen LogP contribution in [0, 0.1) is 23.4 Å². The highest BCUT2D eigenvalue weighted by molar-refractivity contribution is 6.39. The monoisotopic (exact) mass is 312 g/mol. The standard InChI is InChI=1S/C15H15F3N2O2/c16-10-6-12(18)13(7-11(10)17)20-15(22)14(21)19-8-9-4-2-1-3-5-9/h1-2,6-7,9H,3-5,8H2,(H,19,21)(H,20,22)/t9-/m1/s1. The molecule has 0 radical (unpaired) electrons. The van der Waals surface area contributed by atoms with E-state index in [2.05, 4.69) is 11.4 Å². The molecule has 4 nitrogen and oxygen atoms in total. The Bertz CT molecular complexity index is 617. The molecule has 0 fully saturated rings. The molecule has 0 saturated carbocycles. The van der Waals surface area contributed by atoms with Gasteiger partial charge in [0.15, 0.2) is 11.6 Å². The van der Waals surface area contributed by atoms with Crippen molar-refractivity contribution in [2.45, 2.75) is 19.3 Å². The smallest absolute Gasteiger partial charge is 0.313 e. The zero-order valence-corrected chi connectivity index (χ0v) is 11.7. The normalized spacial score (nSPS) is 17.1. The van der Waals surface area contributed by atoms with E-state index in [0.717, 1.165) is 19.3 Å². The Hall–Kier alpha value is -2.31. The van der Waals surface area contributed by atoms with Gasteiger partial charge in [0.2, 0.25) is 0 Å². The maximum atomic E-state index is 13.4. The SMILES string of the molecule is O=C(NC[C@@H]1CC=CCC1)C(=O)Nc1cc(F)c(F)cc1F. The molecule has 22 heavy (non-hydrogen) atoms. The van der Waals surface area contributed by atoms with Crippen LogP contribution in [0.1, 0.15) is 19.3 Å². The highest BCUT2D eigenvalue weighted by Crippen LogP contribution is 2.19. The lowest BCUT2D eigenvalue weighted by molar-refractivity contribution is -0.136. The van der Waals surface area contributed by atoms with Gasteiger partial charge in [0, 0.05) is 18.7 Å². The van der Waals surface area contributed by atoms with Gasteiger partial charge in [-0.3, -0.25) is 9.59 Å². The third kappa shape index (κ3) is 4.09. The van der Waals surface area contributed by atoms with Gasteiger partial charge in [-0.1, -0.05) is 12.2 Å². The zero-order chi connectivity index (χ0) is 16.1. The number of carbonyl (C=O) groups is 2. The number of rotatable bonds is 3. The van der Waals surface area contributed by atoms with Crippen LogP contribution in [0.5, 0.6) is 0 Å². The molecule has 0 spiro atoms. The van der Waals surface area contributed by atoms with Gasteiger partial charge in [-0.2, -0.15) is 0 Å². The van der Waals surface area contributed by atoms with Crippen LogP contribution >= 0.6 is 0 Å². The molecule has 1 atom stereocenters. The van der Waals surface area contributed by atoms with Crippen LogP contribution < -0.4 is 10.6 Å². The summed E-state index contributed by atoms with van der Waals surface area (Å²) >= 11 is 0. The van der Waals surface area contributed by atoms with Crippen molar-refractivity contribution < 1.29 is 22.8 Å². The summed E-state index contributed by atoms with van der Waals surface area (Å²) in [4.78, 5) is 23.2. The van der Waals surface area contributed by atoms with Gasteiger partial charge < -0.3 is 10.6 Å². The minimum absolute atomic E-state index is 0.252.